The number of carbonyl (C=O) groups excluding carboxylic acids is 1. The molecule has 0 radical (unpaired) electrons. The quantitative estimate of drug-likeness (QED) is 0.561. The summed E-state index contributed by atoms with van der Waals surface area (Å²) in [5.74, 6) is 0.735. The maximum absolute atomic E-state index is 12.2. The summed E-state index contributed by atoms with van der Waals surface area (Å²) >= 11 is 0. The number of benzene rings is 2. The van der Waals surface area contributed by atoms with E-state index >= 15 is 0 Å². The van der Waals surface area contributed by atoms with Crippen molar-refractivity contribution in [3.8, 4) is 11.5 Å². The number of amides is 1. The number of nitro groups is 1. The third kappa shape index (κ3) is 5.37. The molecule has 0 bridgehead atoms. The Morgan fingerprint density at radius 3 is 2.52 bits per heavy atom. The monoisotopic (exact) mass is 399 g/mol. The summed E-state index contributed by atoms with van der Waals surface area (Å²) in [6.07, 6.45) is 2.38. The number of carbonyl (C=O) groups is 1. The van der Waals surface area contributed by atoms with Gasteiger partial charge in [-0.1, -0.05) is 6.92 Å². The van der Waals surface area contributed by atoms with Gasteiger partial charge >= 0.3 is 5.69 Å². The molecule has 29 heavy (non-hydrogen) atoms. The zero-order valence-electron chi connectivity index (χ0n) is 16.6. The molecule has 8 heteroatoms. The summed E-state index contributed by atoms with van der Waals surface area (Å²) < 4.78 is 10.3. The van der Waals surface area contributed by atoms with Crippen molar-refractivity contribution in [2.24, 2.45) is 5.92 Å². The molecule has 0 unspecified atom stereocenters. The van der Waals surface area contributed by atoms with Gasteiger partial charge in [-0.15, -0.1) is 0 Å². The minimum absolute atomic E-state index is 0.0145. The zero-order chi connectivity index (χ0) is 20.8. The Morgan fingerprint density at radius 1 is 1.21 bits per heavy atom. The molecule has 0 spiro atoms. The summed E-state index contributed by atoms with van der Waals surface area (Å²) in [7, 11) is 1.42. The SMILES string of the molecule is COc1ccc(OCC(=O)Nc2ccc(N3CCC(C)CC3)cc2)c([N+](=O)[O-])c1. The summed E-state index contributed by atoms with van der Waals surface area (Å²) in [5.41, 5.74) is 1.54. The number of nitro benzene ring substituents is 1. The standard InChI is InChI=1S/C21H25N3O5/c1-15-9-11-23(12-10-15)17-5-3-16(4-6-17)22-21(25)14-29-20-8-7-18(28-2)13-19(20)24(26)27/h3-8,13,15H,9-12,14H2,1-2H3,(H,22,25). The number of hydrogen-bond acceptors (Lipinski definition) is 6. The van der Waals surface area contributed by atoms with Crippen LogP contribution in [0.15, 0.2) is 42.5 Å². The van der Waals surface area contributed by atoms with Gasteiger partial charge in [0.1, 0.15) is 5.75 Å². The smallest absolute Gasteiger partial charge is 0.314 e. The number of hydrogen-bond donors (Lipinski definition) is 1. The summed E-state index contributed by atoms with van der Waals surface area (Å²) in [6.45, 7) is 4.03. The largest absolute Gasteiger partial charge is 0.496 e. The highest BCUT2D eigenvalue weighted by molar-refractivity contribution is 5.92. The third-order valence-corrected chi connectivity index (χ3v) is 5.02. The van der Waals surface area contributed by atoms with Gasteiger partial charge < -0.3 is 19.7 Å². The minimum atomic E-state index is -0.574. The topological polar surface area (TPSA) is 93.9 Å². The lowest BCUT2D eigenvalue weighted by Gasteiger charge is -2.32. The molecule has 1 N–H and O–H groups in total. The zero-order valence-corrected chi connectivity index (χ0v) is 16.6. The molecule has 1 saturated heterocycles. The molecule has 2 aromatic rings. The molecule has 0 aromatic heterocycles. The molecule has 1 aliphatic rings. The molecule has 1 aliphatic heterocycles. The van der Waals surface area contributed by atoms with Gasteiger partial charge in [-0.25, -0.2) is 0 Å². The highest BCUT2D eigenvalue weighted by Gasteiger charge is 2.18. The Morgan fingerprint density at radius 2 is 1.90 bits per heavy atom. The number of nitrogens with one attached hydrogen (secondary N) is 1. The molecule has 0 saturated carbocycles. The molecule has 1 fully saturated rings. The van der Waals surface area contributed by atoms with Crippen LogP contribution in [0.25, 0.3) is 0 Å². The summed E-state index contributed by atoms with van der Waals surface area (Å²) in [5, 5.41) is 13.9. The molecule has 1 heterocycles. The predicted molar refractivity (Wildman–Crippen MR) is 111 cm³/mol. The highest BCUT2D eigenvalue weighted by Crippen LogP contribution is 2.31. The Bertz CT molecular complexity index is 861. The van der Waals surface area contributed by atoms with E-state index in [2.05, 4.69) is 17.1 Å². The van der Waals surface area contributed by atoms with Gasteiger partial charge in [0, 0.05) is 24.5 Å². The molecule has 154 valence electrons. The highest BCUT2D eigenvalue weighted by atomic mass is 16.6. The van der Waals surface area contributed by atoms with Crippen LogP contribution in [0.2, 0.25) is 0 Å². The Hall–Kier alpha value is -3.29. The molecule has 2 aromatic carbocycles. The van der Waals surface area contributed by atoms with Gasteiger partial charge in [-0.2, -0.15) is 0 Å². The summed E-state index contributed by atoms with van der Waals surface area (Å²) in [6, 6.07) is 11.9. The van der Waals surface area contributed by atoms with Gasteiger partial charge in [-0.05, 0) is 55.2 Å². The van der Waals surface area contributed by atoms with E-state index < -0.39 is 10.8 Å². The van der Waals surface area contributed by atoms with E-state index in [9.17, 15) is 14.9 Å². The Balaban J connectivity index is 1.55. The maximum Gasteiger partial charge on any atom is 0.314 e. The fraction of sp³-hybridized carbons (Fsp3) is 0.381. The number of anilines is 2. The maximum atomic E-state index is 12.2. The van der Waals surface area contributed by atoms with Crippen molar-refractivity contribution in [1.82, 2.24) is 0 Å². The Kier molecular flexibility index (Phi) is 6.54. The van der Waals surface area contributed by atoms with Crippen molar-refractivity contribution in [3.05, 3.63) is 52.6 Å². The predicted octanol–water partition coefficient (Wildman–Crippen LogP) is 3.86. The second-order valence-corrected chi connectivity index (χ2v) is 7.14. The van der Waals surface area contributed by atoms with Crippen LogP contribution >= 0.6 is 0 Å². The Labute approximate surface area is 169 Å². The number of nitrogens with zero attached hydrogens (tertiary/aromatic N) is 2. The second-order valence-electron chi connectivity index (χ2n) is 7.14. The normalized spacial score (nSPS) is 14.3. The fourth-order valence-corrected chi connectivity index (χ4v) is 3.25. The lowest BCUT2D eigenvalue weighted by Crippen LogP contribution is -2.32. The van der Waals surface area contributed by atoms with Gasteiger partial charge in [0.05, 0.1) is 18.1 Å². The van der Waals surface area contributed by atoms with Crippen molar-refractivity contribution in [1.29, 1.82) is 0 Å². The van der Waals surface area contributed by atoms with Gasteiger partial charge in [0.2, 0.25) is 0 Å². The van der Waals surface area contributed by atoms with Crippen LogP contribution in [0.3, 0.4) is 0 Å². The van der Waals surface area contributed by atoms with Crippen LogP contribution < -0.4 is 19.7 Å². The average Bonchev–Trinajstić information content (AvgIpc) is 2.73. The van der Waals surface area contributed by atoms with E-state index in [1.165, 1.54) is 32.1 Å². The number of rotatable bonds is 7. The molecule has 1 amide bonds. The van der Waals surface area contributed by atoms with Crippen LogP contribution in [-0.2, 0) is 4.79 Å². The van der Waals surface area contributed by atoms with Crippen LogP contribution in [0.4, 0.5) is 17.1 Å². The summed E-state index contributed by atoms with van der Waals surface area (Å²) in [4.78, 5) is 25.1. The van der Waals surface area contributed by atoms with Crippen molar-refractivity contribution in [2.75, 3.05) is 37.0 Å². The van der Waals surface area contributed by atoms with E-state index in [4.69, 9.17) is 9.47 Å². The van der Waals surface area contributed by atoms with E-state index in [1.54, 1.807) is 6.07 Å². The van der Waals surface area contributed by atoms with Crippen LogP contribution in [0.5, 0.6) is 11.5 Å². The molecular weight excluding hydrogens is 374 g/mol. The van der Waals surface area contributed by atoms with Gasteiger partial charge in [0.15, 0.2) is 12.4 Å². The van der Waals surface area contributed by atoms with Crippen LogP contribution in [0, 0.1) is 16.0 Å². The molecule has 0 atom stereocenters. The number of methoxy groups -OCH3 is 1. The van der Waals surface area contributed by atoms with E-state index in [0.717, 1.165) is 24.7 Å². The molecule has 8 nitrogen and oxygen atoms in total. The number of ether oxygens (including phenoxy) is 2. The molecule has 0 aliphatic carbocycles. The van der Waals surface area contributed by atoms with E-state index in [-0.39, 0.29) is 18.0 Å². The number of piperidine rings is 1. The lowest BCUT2D eigenvalue weighted by molar-refractivity contribution is -0.385. The average molecular weight is 399 g/mol. The first-order valence-electron chi connectivity index (χ1n) is 9.56. The van der Waals surface area contributed by atoms with Crippen molar-refractivity contribution < 1.29 is 19.2 Å². The fourth-order valence-electron chi connectivity index (χ4n) is 3.25. The van der Waals surface area contributed by atoms with Crippen LogP contribution in [-0.4, -0.2) is 37.6 Å². The van der Waals surface area contributed by atoms with Gasteiger partial charge in [-0.3, -0.25) is 14.9 Å². The first kappa shape index (κ1) is 20.4. The van der Waals surface area contributed by atoms with Gasteiger partial charge in [0.25, 0.3) is 5.91 Å². The van der Waals surface area contributed by atoms with E-state index in [1.807, 2.05) is 24.3 Å². The lowest BCUT2D eigenvalue weighted by atomic mass is 9.99. The minimum Gasteiger partial charge on any atom is -0.496 e. The van der Waals surface area contributed by atoms with E-state index in [0.29, 0.717) is 11.4 Å². The van der Waals surface area contributed by atoms with Crippen molar-refractivity contribution >= 4 is 23.0 Å². The molecular formula is C21H25N3O5. The van der Waals surface area contributed by atoms with Crippen molar-refractivity contribution in [3.63, 3.8) is 0 Å². The van der Waals surface area contributed by atoms with Crippen LogP contribution in [0.1, 0.15) is 19.8 Å². The first-order chi connectivity index (χ1) is 14.0. The third-order valence-electron chi connectivity index (χ3n) is 5.02. The second kappa shape index (κ2) is 9.27. The first-order valence-corrected chi connectivity index (χ1v) is 9.56. The van der Waals surface area contributed by atoms with Crippen molar-refractivity contribution in [2.45, 2.75) is 19.8 Å². The molecule has 3 rings (SSSR count).